The number of amides is 2. The maximum absolute atomic E-state index is 11.4. The van der Waals surface area contributed by atoms with Gasteiger partial charge in [-0.25, -0.2) is 9.59 Å². The monoisotopic (exact) mass is 332 g/mol. The van der Waals surface area contributed by atoms with Crippen LogP contribution in [0, 0.1) is 0 Å². The molecule has 7 heteroatoms. The van der Waals surface area contributed by atoms with E-state index in [0.29, 0.717) is 10.2 Å². The number of rotatable bonds is 4. The largest absolute Gasteiger partial charge is 0.478 e. The molecule has 1 aromatic carbocycles. The number of hydrogen-bond donors (Lipinski definition) is 3. The Morgan fingerprint density at radius 3 is 2.61 bits per heavy atom. The average molecular weight is 334 g/mol. The molecule has 0 heterocycles. The molecule has 1 aromatic rings. The zero-order chi connectivity index (χ0) is 13.7. The summed E-state index contributed by atoms with van der Waals surface area (Å²) in [6.45, 7) is 3.85. The predicted octanol–water partition coefficient (Wildman–Crippen LogP) is 3.07. The number of carboxylic acids is 1. The molecule has 0 aliphatic carbocycles. The molecule has 0 aliphatic rings. The predicted molar refractivity (Wildman–Crippen MR) is 73.5 cm³/mol. The second-order valence-electron chi connectivity index (χ2n) is 3.32. The second-order valence-corrected chi connectivity index (χ2v) is 4.85. The summed E-state index contributed by atoms with van der Waals surface area (Å²) in [5.41, 5.74) is 0.388. The fourth-order valence-corrected chi connectivity index (χ4v) is 1.52. The van der Waals surface area contributed by atoms with E-state index in [9.17, 15) is 9.59 Å². The van der Waals surface area contributed by atoms with Crippen LogP contribution in [0.4, 0.5) is 10.5 Å². The Morgan fingerprint density at radius 2 is 2.11 bits per heavy atom. The van der Waals surface area contributed by atoms with Crippen molar-refractivity contribution < 1.29 is 14.7 Å². The molecule has 96 valence electrons. The Kier molecular flexibility index (Phi) is 5.18. The van der Waals surface area contributed by atoms with Crippen molar-refractivity contribution >= 4 is 45.2 Å². The first-order valence-electron chi connectivity index (χ1n) is 4.81. The number of aromatic carboxylic acids is 1. The highest BCUT2D eigenvalue weighted by atomic mass is 79.9. The summed E-state index contributed by atoms with van der Waals surface area (Å²) in [6.07, 6.45) is 0. The number of halogens is 2. The van der Waals surface area contributed by atoms with E-state index in [1.807, 2.05) is 0 Å². The van der Waals surface area contributed by atoms with Crippen molar-refractivity contribution in [2.45, 2.75) is 0 Å². The van der Waals surface area contributed by atoms with E-state index in [0.717, 1.165) is 0 Å². The fraction of sp³-hybridized carbons (Fsp3) is 0.0909. The molecular weight excluding hydrogens is 323 g/mol. The molecule has 5 nitrogen and oxygen atoms in total. The molecule has 0 bridgehead atoms. The lowest BCUT2D eigenvalue weighted by molar-refractivity contribution is 0.0697. The Morgan fingerprint density at radius 1 is 1.44 bits per heavy atom. The van der Waals surface area contributed by atoms with Crippen molar-refractivity contribution in [2.24, 2.45) is 0 Å². The minimum absolute atomic E-state index is 0.0172. The first-order chi connectivity index (χ1) is 8.40. The van der Waals surface area contributed by atoms with E-state index in [4.69, 9.17) is 16.7 Å². The average Bonchev–Trinajstić information content (AvgIpc) is 2.26. The van der Waals surface area contributed by atoms with E-state index in [1.54, 1.807) is 0 Å². The van der Waals surface area contributed by atoms with Crippen molar-refractivity contribution in [3.05, 3.63) is 39.8 Å². The van der Waals surface area contributed by atoms with Crippen molar-refractivity contribution in [2.75, 3.05) is 11.9 Å². The van der Waals surface area contributed by atoms with Gasteiger partial charge in [-0.15, -0.1) is 0 Å². The number of nitrogens with one attached hydrogen (secondary N) is 2. The van der Waals surface area contributed by atoms with Gasteiger partial charge in [0.1, 0.15) is 0 Å². The molecule has 0 spiro atoms. The minimum atomic E-state index is -1.12. The lowest BCUT2D eigenvalue weighted by Gasteiger charge is -2.08. The second kappa shape index (κ2) is 6.42. The zero-order valence-electron chi connectivity index (χ0n) is 9.17. The molecule has 0 aromatic heterocycles. The molecule has 0 atom stereocenters. The van der Waals surface area contributed by atoms with Crippen LogP contribution in [0.2, 0.25) is 5.02 Å². The Labute approximate surface area is 117 Å². The van der Waals surface area contributed by atoms with Crippen molar-refractivity contribution in [1.82, 2.24) is 5.32 Å². The van der Waals surface area contributed by atoms with Gasteiger partial charge in [-0.05, 0) is 18.2 Å². The van der Waals surface area contributed by atoms with Crippen LogP contribution in [0.1, 0.15) is 10.4 Å². The van der Waals surface area contributed by atoms with Gasteiger partial charge < -0.3 is 15.7 Å². The van der Waals surface area contributed by atoms with E-state index >= 15 is 0 Å². The van der Waals surface area contributed by atoms with Gasteiger partial charge in [0.25, 0.3) is 0 Å². The van der Waals surface area contributed by atoms with E-state index in [-0.39, 0.29) is 17.1 Å². The Balaban J connectivity index is 2.69. The molecule has 0 radical (unpaired) electrons. The molecular formula is C11H10BrClN2O3. The minimum Gasteiger partial charge on any atom is -0.478 e. The van der Waals surface area contributed by atoms with Crippen LogP contribution in [-0.4, -0.2) is 23.7 Å². The van der Waals surface area contributed by atoms with Crippen molar-refractivity contribution in [3.8, 4) is 0 Å². The SMILES string of the molecule is C=C(Br)CNC(=O)Nc1ccc(C(=O)O)c(Cl)c1. The normalized spacial score (nSPS) is 9.67. The molecule has 18 heavy (non-hydrogen) atoms. The van der Waals surface area contributed by atoms with Crippen molar-refractivity contribution in [1.29, 1.82) is 0 Å². The lowest BCUT2D eigenvalue weighted by Crippen LogP contribution is -2.29. The summed E-state index contributed by atoms with van der Waals surface area (Å²) in [4.78, 5) is 22.1. The van der Waals surface area contributed by atoms with Gasteiger partial charge in [0.2, 0.25) is 0 Å². The van der Waals surface area contributed by atoms with Crippen LogP contribution in [0.15, 0.2) is 29.3 Å². The summed E-state index contributed by atoms with van der Waals surface area (Å²) in [5, 5.41) is 13.9. The van der Waals surface area contributed by atoms with Crippen LogP contribution >= 0.6 is 27.5 Å². The Hall–Kier alpha value is -1.53. The number of hydrogen-bond acceptors (Lipinski definition) is 2. The lowest BCUT2D eigenvalue weighted by atomic mass is 10.2. The number of urea groups is 1. The van der Waals surface area contributed by atoms with Gasteiger partial charge >= 0.3 is 12.0 Å². The number of carbonyl (C=O) groups is 2. The number of anilines is 1. The summed E-state index contributed by atoms with van der Waals surface area (Å²) >= 11 is 8.86. The van der Waals surface area contributed by atoms with Gasteiger partial charge in [-0.2, -0.15) is 0 Å². The quantitative estimate of drug-likeness (QED) is 0.792. The van der Waals surface area contributed by atoms with Crippen LogP contribution in [0.5, 0.6) is 0 Å². The van der Waals surface area contributed by atoms with E-state index < -0.39 is 12.0 Å². The van der Waals surface area contributed by atoms with Gasteiger partial charge in [-0.1, -0.05) is 34.1 Å². The number of carbonyl (C=O) groups excluding carboxylic acids is 1. The maximum atomic E-state index is 11.4. The highest BCUT2D eigenvalue weighted by Crippen LogP contribution is 2.20. The third kappa shape index (κ3) is 4.38. The molecule has 0 unspecified atom stereocenters. The van der Waals surface area contributed by atoms with E-state index in [1.165, 1.54) is 18.2 Å². The third-order valence-corrected chi connectivity index (χ3v) is 2.49. The standard InChI is InChI=1S/C11H10BrClN2O3/c1-6(12)5-14-11(18)15-7-2-3-8(10(16)17)9(13)4-7/h2-4H,1,5H2,(H,16,17)(H2,14,15,18). The summed E-state index contributed by atoms with van der Waals surface area (Å²) in [7, 11) is 0. The Bertz CT molecular complexity index is 505. The smallest absolute Gasteiger partial charge is 0.337 e. The van der Waals surface area contributed by atoms with Crippen LogP contribution in [0.3, 0.4) is 0 Å². The van der Waals surface area contributed by atoms with Crippen LogP contribution < -0.4 is 10.6 Å². The topological polar surface area (TPSA) is 78.4 Å². The summed E-state index contributed by atoms with van der Waals surface area (Å²) < 4.78 is 0.636. The molecule has 2 amide bonds. The van der Waals surface area contributed by atoms with Gasteiger partial charge in [0, 0.05) is 10.2 Å². The molecule has 0 saturated carbocycles. The molecule has 0 fully saturated rings. The first kappa shape index (κ1) is 14.5. The van der Waals surface area contributed by atoms with Gasteiger partial charge in [-0.3, -0.25) is 0 Å². The summed E-state index contributed by atoms with van der Waals surface area (Å²) in [5.74, 6) is -1.12. The zero-order valence-corrected chi connectivity index (χ0v) is 11.5. The summed E-state index contributed by atoms with van der Waals surface area (Å²) in [6, 6.07) is 3.71. The van der Waals surface area contributed by atoms with Gasteiger partial charge in [0.15, 0.2) is 0 Å². The number of benzene rings is 1. The maximum Gasteiger partial charge on any atom is 0.337 e. The third-order valence-electron chi connectivity index (χ3n) is 1.90. The highest BCUT2D eigenvalue weighted by molar-refractivity contribution is 9.11. The molecule has 3 N–H and O–H groups in total. The van der Waals surface area contributed by atoms with Gasteiger partial charge in [0.05, 0.1) is 17.1 Å². The van der Waals surface area contributed by atoms with Crippen LogP contribution in [0.25, 0.3) is 0 Å². The van der Waals surface area contributed by atoms with E-state index in [2.05, 4.69) is 33.1 Å². The van der Waals surface area contributed by atoms with Crippen LogP contribution in [-0.2, 0) is 0 Å². The highest BCUT2D eigenvalue weighted by Gasteiger charge is 2.09. The molecule has 0 saturated heterocycles. The molecule has 1 rings (SSSR count). The fourth-order valence-electron chi connectivity index (χ4n) is 1.12. The number of carboxylic acid groups (broad SMARTS) is 1. The first-order valence-corrected chi connectivity index (χ1v) is 5.98. The molecule has 0 aliphatic heterocycles. The van der Waals surface area contributed by atoms with Crippen molar-refractivity contribution in [3.63, 3.8) is 0 Å².